The van der Waals surface area contributed by atoms with Gasteiger partial charge in [-0.15, -0.1) is 9.90 Å². The number of benzene rings is 2. The summed E-state index contributed by atoms with van der Waals surface area (Å²) in [5.74, 6) is -0.984. The van der Waals surface area contributed by atoms with Gasteiger partial charge in [-0.2, -0.15) is 5.10 Å². The molecule has 1 unspecified atom stereocenters. The van der Waals surface area contributed by atoms with Gasteiger partial charge in [-0.3, -0.25) is 9.59 Å². The lowest BCUT2D eigenvalue weighted by atomic mass is 10.1. The van der Waals surface area contributed by atoms with Crippen LogP contribution in [0, 0.1) is 5.92 Å². The van der Waals surface area contributed by atoms with Crippen LogP contribution in [-0.2, 0) is 9.59 Å². The fourth-order valence-corrected chi connectivity index (χ4v) is 3.43. The van der Waals surface area contributed by atoms with Gasteiger partial charge in [0.15, 0.2) is 5.82 Å². The minimum absolute atomic E-state index is 0.207. The number of carbonyl (C=O) groups excluding carboxylic acids is 2. The number of nitrogens with zero attached hydrogens (tertiary/aromatic N) is 4. The number of hydrogen-bond donors (Lipinski definition) is 1. The molecule has 2 amide bonds. The largest absolute Gasteiger partial charge is 0.312 e. The lowest BCUT2D eigenvalue weighted by Gasteiger charge is -2.16. The third-order valence-electron chi connectivity index (χ3n) is 4.37. The van der Waals surface area contributed by atoms with Crippen LogP contribution < -0.4 is 10.2 Å². The number of amides is 2. The molecule has 0 saturated carbocycles. The molecule has 4 rings (SSSR count). The van der Waals surface area contributed by atoms with E-state index in [1.807, 2.05) is 54.6 Å². The fourth-order valence-electron chi connectivity index (χ4n) is 3.04. The summed E-state index contributed by atoms with van der Waals surface area (Å²) >= 11 is 3.40. The average molecular weight is 426 g/mol. The summed E-state index contributed by atoms with van der Waals surface area (Å²) in [5, 5.41) is 11.1. The molecule has 1 aromatic heterocycles. The molecule has 136 valence electrons. The van der Waals surface area contributed by atoms with Crippen molar-refractivity contribution in [1.82, 2.24) is 15.0 Å². The van der Waals surface area contributed by atoms with Gasteiger partial charge in [-0.1, -0.05) is 40.2 Å². The van der Waals surface area contributed by atoms with E-state index in [1.54, 1.807) is 4.90 Å². The van der Waals surface area contributed by atoms with Crippen LogP contribution in [0.1, 0.15) is 6.42 Å². The molecule has 1 saturated heterocycles. The van der Waals surface area contributed by atoms with Gasteiger partial charge in [0.25, 0.3) is 0 Å². The Morgan fingerprint density at radius 3 is 2.67 bits per heavy atom. The molecule has 1 atom stereocenters. The molecule has 0 spiro atoms. The molecule has 2 heterocycles. The average Bonchev–Trinajstić information content (AvgIpc) is 3.29. The van der Waals surface area contributed by atoms with Crippen LogP contribution in [0.25, 0.3) is 5.69 Å². The van der Waals surface area contributed by atoms with Crippen molar-refractivity contribution in [2.45, 2.75) is 6.42 Å². The van der Waals surface area contributed by atoms with Crippen molar-refractivity contribution in [3.63, 3.8) is 0 Å². The zero-order valence-corrected chi connectivity index (χ0v) is 15.8. The summed E-state index contributed by atoms with van der Waals surface area (Å²) in [6.45, 7) is 0.504. The van der Waals surface area contributed by atoms with Crippen LogP contribution in [-0.4, -0.2) is 33.4 Å². The summed E-state index contributed by atoms with van der Waals surface area (Å²) in [6, 6.07) is 16.9. The van der Waals surface area contributed by atoms with Crippen molar-refractivity contribution in [3.8, 4) is 5.69 Å². The van der Waals surface area contributed by atoms with Crippen molar-refractivity contribution in [3.05, 3.63) is 65.3 Å². The normalized spacial score (nSPS) is 16.6. The first-order valence-electron chi connectivity index (χ1n) is 8.47. The molecule has 1 N–H and O–H groups in total. The third kappa shape index (κ3) is 3.61. The minimum atomic E-state index is -0.731. The quantitative estimate of drug-likeness (QED) is 0.651. The second-order valence-electron chi connectivity index (χ2n) is 6.16. The van der Waals surface area contributed by atoms with Gasteiger partial charge in [0.05, 0.1) is 11.9 Å². The van der Waals surface area contributed by atoms with Crippen molar-refractivity contribution in [2.24, 2.45) is 5.92 Å². The smallest absolute Gasteiger partial charge is 0.239 e. The number of nitrogens with one attached hydrogen (secondary N) is 1. The van der Waals surface area contributed by atoms with E-state index < -0.39 is 5.92 Å². The van der Waals surface area contributed by atoms with E-state index in [0.29, 0.717) is 18.8 Å². The van der Waals surface area contributed by atoms with Crippen molar-refractivity contribution < 1.29 is 9.59 Å². The standard InChI is InChI=1S/C19H16BrN5O2/c20-13-5-4-8-15(11-13)24-10-9-16(19(24)27)18(26)22-17-12-21-25(23-17)14-6-2-1-3-7-14/h1-8,11-12,16H,9-10H2,(H,22,23,26). The van der Waals surface area contributed by atoms with E-state index in [0.717, 1.165) is 15.8 Å². The topological polar surface area (TPSA) is 80.1 Å². The Hall–Kier alpha value is -3.00. The second-order valence-corrected chi connectivity index (χ2v) is 7.07. The molecule has 0 aliphatic carbocycles. The first-order valence-corrected chi connectivity index (χ1v) is 9.27. The Bertz CT molecular complexity index is 989. The fraction of sp³-hybridized carbons (Fsp3) is 0.158. The summed E-state index contributed by atoms with van der Waals surface area (Å²) in [7, 11) is 0. The summed E-state index contributed by atoms with van der Waals surface area (Å²) in [6.07, 6.45) is 1.93. The van der Waals surface area contributed by atoms with E-state index >= 15 is 0 Å². The van der Waals surface area contributed by atoms with Crippen LogP contribution in [0.4, 0.5) is 11.5 Å². The lowest BCUT2D eigenvalue weighted by Crippen LogP contribution is -2.33. The number of rotatable bonds is 4. The summed E-state index contributed by atoms with van der Waals surface area (Å²) in [4.78, 5) is 28.3. The van der Waals surface area contributed by atoms with Crippen molar-refractivity contribution in [2.75, 3.05) is 16.8 Å². The Kier molecular flexibility index (Phi) is 4.72. The van der Waals surface area contributed by atoms with Crippen LogP contribution in [0.2, 0.25) is 0 Å². The number of hydrogen-bond acceptors (Lipinski definition) is 4. The van der Waals surface area contributed by atoms with E-state index in [9.17, 15) is 9.59 Å². The molecule has 8 heteroatoms. The number of para-hydroxylation sites is 1. The van der Waals surface area contributed by atoms with Crippen LogP contribution in [0.15, 0.2) is 65.3 Å². The van der Waals surface area contributed by atoms with Gasteiger partial charge >= 0.3 is 0 Å². The van der Waals surface area contributed by atoms with E-state index in [1.165, 1.54) is 11.0 Å². The SMILES string of the molecule is O=C(Nc1cnn(-c2ccccc2)n1)C1CCN(c2cccc(Br)c2)C1=O. The second kappa shape index (κ2) is 7.32. The molecule has 1 aliphatic heterocycles. The summed E-state index contributed by atoms with van der Waals surface area (Å²) < 4.78 is 0.887. The minimum Gasteiger partial charge on any atom is -0.312 e. The summed E-state index contributed by atoms with van der Waals surface area (Å²) in [5.41, 5.74) is 1.57. The van der Waals surface area contributed by atoms with Gasteiger partial charge in [0, 0.05) is 16.7 Å². The molecule has 0 radical (unpaired) electrons. The molecule has 27 heavy (non-hydrogen) atoms. The highest BCUT2D eigenvalue weighted by atomic mass is 79.9. The predicted octanol–water partition coefficient (Wildman–Crippen LogP) is 3.02. The molecule has 3 aromatic rings. The van der Waals surface area contributed by atoms with Gasteiger partial charge in [-0.25, -0.2) is 0 Å². The Balaban J connectivity index is 1.45. The van der Waals surface area contributed by atoms with Crippen LogP contribution in [0.3, 0.4) is 0 Å². The predicted molar refractivity (Wildman–Crippen MR) is 105 cm³/mol. The molecule has 1 aliphatic rings. The molecule has 2 aromatic carbocycles. The first kappa shape index (κ1) is 17.4. The molecule has 7 nitrogen and oxygen atoms in total. The van der Waals surface area contributed by atoms with Gasteiger partial charge in [-0.05, 0) is 36.8 Å². The van der Waals surface area contributed by atoms with E-state index in [2.05, 4.69) is 31.4 Å². The first-order chi connectivity index (χ1) is 13.1. The molecule has 1 fully saturated rings. The number of halogens is 1. The Labute approximate surface area is 164 Å². The number of carbonyl (C=O) groups is 2. The highest BCUT2D eigenvalue weighted by molar-refractivity contribution is 9.10. The highest BCUT2D eigenvalue weighted by Gasteiger charge is 2.37. The van der Waals surface area contributed by atoms with Crippen LogP contribution >= 0.6 is 15.9 Å². The highest BCUT2D eigenvalue weighted by Crippen LogP contribution is 2.28. The van der Waals surface area contributed by atoms with Gasteiger partial charge in [0.2, 0.25) is 11.8 Å². The molecule has 0 bridgehead atoms. The van der Waals surface area contributed by atoms with E-state index in [-0.39, 0.29) is 11.8 Å². The lowest BCUT2D eigenvalue weighted by molar-refractivity contribution is -0.129. The van der Waals surface area contributed by atoms with Gasteiger partial charge < -0.3 is 10.2 Å². The maximum absolute atomic E-state index is 12.7. The van der Waals surface area contributed by atoms with E-state index in [4.69, 9.17) is 0 Å². The maximum atomic E-state index is 12.7. The maximum Gasteiger partial charge on any atom is 0.239 e. The zero-order valence-electron chi connectivity index (χ0n) is 14.2. The molecular weight excluding hydrogens is 410 g/mol. The van der Waals surface area contributed by atoms with Gasteiger partial charge in [0.1, 0.15) is 5.92 Å². The molecular formula is C19H16BrN5O2. The zero-order chi connectivity index (χ0) is 18.8. The number of aromatic nitrogens is 3. The van der Waals surface area contributed by atoms with Crippen molar-refractivity contribution in [1.29, 1.82) is 0 Å². The monoisotopic (exact) mass is 425 g/mol. The van der Waals surface area contributed by atoms with Crippen LogP contribution in [0.5, 0.6) is 0 Å². The Morgan fingerprint density at radius 2 is 1.89 bits per heavy atom. The number of anilines is 2. The van der Waals surface area contributed by atoms with Crippen molar-refractivity contribution >= 4 is 39.2 Å². The Morgan fingerprint density at radius 1 is 1.11 bits per heavy atom. The third-order valence-corrected chi connectivity index (χ3v) is 4.87.